The highest BCUT2D eigenvalue weighted by atomic mass is 32.2. The fraction of sp³-hybridized carbons (Fsp3) is 0.667. The minimum absolute atomic E-state index is 0.235. The molecule has 0 bridgehead atoms. The zero-order valence-corrected chi connectivity index (χ0v) is 12.5. The number of rotatable bonds is 7. The van der Waals surface area contributed by atoms with Crippen molar-refractivity contribution >= 4 is 23.3 Å². The Balaban J connectivity index is 3.09. The van der Waals surface area contributed by atoms with Crippen molar-refractivity contribution in [2.24, 2.45) is 7.05 Å². The minimum atomic E-state index is -0.362. The number of anilines is 2. The highest BCUT2D eigenvalue weighted by Gasteiger charge is 2.14. The Morgan fingerprint density at radius 2 is 2.05 bits per heavy atom. The first-order valence-corrected chi connectivity index (χ1v) is 7.76. The van der Waals surface area contributed by atoms with E-state index in [2.05, 4.69) is 5.32 Å². The molecule has 1 aromatic heterocycles. The van der Waals surface area contributed by atoms with Crippen LogP contribution in [-0.4, -0.2) is 27.7 Å². The summed E-state index contributed by atoms with van der Waals surface area (Å²) in [5.41, 5.74) is 5.54. The molecule has 0 saturated heterocycles. The van der Waals surface area contributed by atoms with E-state index in [0.717, 1.165) is 23.2 Å². The lowest BCUT2D eigenvalue weighted by Gasteiger charge is -2.15. The Bertz CT molecular complexity index is 536. The number of thioether (sulfide) groups is 1. The Hall–Kier alpha value is -1.37. The smallest absolute Gasteiger partial charge is 0.332 e. The molecule has 0 amide bonds. The topological polar surface area (TPSA) is 82.0 Å². The fourth-order valence-electron chi connectivity index (χ4n) is 1.82. The number of nitrogens with two attached hydrogens (primary N) is 1. The quantitative estimate of drug-likeness (QED) is 0.721. The Morgan fingerprint density at radius 1 is 1.37 bits per heavy atom. The molecule has 0 spiro atoms. The molecular weight excluding hydrogens is 264 g/mol. The van der Waals surface area contributed by atoms with Gasteiger partial charge in [0.1, 0.15) is 11.5 Å². The molecule has 1 rings (SSSR count). The van der Waals surface area contributed by atoms with Gasteiger partial charge in [-0.25, -0.2) is 4.79 Å². The first-order valence-electron chi connectivity index (χ1n) is 6.36. The molecule has 6 nitrogen and oxygen atoms in total. The monoisotopic (exact) mass is 286 g/mol. The second-order valence-corrected chi connectivity index (χ2v) is 5.32. The Morgan fingerprint density at radius 3 is 2.63 bits per heavy atom. The second-order valence-electron chi connectivity index (χ2n) is 4.33. The molecule has 0 aliphatic carbocycles. The Labute approximate surface area is 117 Å². The summed E-state index contributed by atoms with van der Waals surface area (Å²) in [6, 6.07) is 0. The van der Waals surface area contributed by atoms with Crippen molar-refractivity contribution in [2.75, 3.05) is 29.6 Å². The summed E-state index contributed by atoms with van der Waals surface area (Å²) < 4.78 is 2.54. The van der Waals surface area contributed by atoms with Gasteiger partial charge in [0, 0.05) is 20.1 Å². The van der Waals surface area contributed by atoms with Gasteiger partial charge in [0.2, 0.25) is 0 Å². The molecule has 0 radical (unpaired) electrons. The van der Waals surface area contributed by atoms with Gasteiger partial charge in [-0.2, -0.15) is 11.8 Å². The number of hydrogen-bond acceptors (Lipinski definition) is 5. The predicted molar refractivity (Wildman–Crippen MR) is 82.1 cm³/mol. The zero-order chi connectivity index (χ0) is 14.4. The first-order chi connectivity index (χ1) is 9.04. The molecule has 0 saturated carbocycles. The van der Waals surface area contributed by atoms with Crippen LogP contribution in [0, 0.1) is 0 Å². The van der Waals surface area contributed by atoms with Crippen LogP contribution in [-0.2, 0) is 13.6 Å². The van der Waals surface area contributed by atoms with Crippen LogP contribution in [0.1, 0.15) is 19.8 Å². The lowest BCUT2D eigenvalue weighted by atomic mass is 10.3. The molecule has 108 valence electrons. The molecule has 3 N–H and O–H groups in total. The third-order valence-electron chi connectivity index (χ3n) is 2.86. The van der Waals surface area contributed by atoms with Gasteiger partial charge in [0.25, 0.3) is 5.56 Å². The first kappa shape index (κ1) is 15.7. The lowest BCUT2D eigenvalue weighted by molar-refractivity contribution is 0.600. The maximum absolute atomic E-state index is 12.0. The van der Waals surface area contributed by atoms with Crippen LogP contribution in [0.25, 0.3) is 0 Å². The molecule has 0 atom stereocenters. The SMILES string of the molecule is CCCn1c(N)c(NCCCSC)c(=O)n(C)c1=O. The van der Waals surface area contributed by atoms with Gasteiger partial charge in [-0.1, -0.05) is 6.92 Å². The van der Waals surface area contributed by atoms with Crippen LogP contribution in [0.3, 0.4) is 0 Å². The highest BCUT2D eigenvalue weighted by Crippen LogP contribution is 2.11. The van der Waals surface area contributed by atoms with Gasteiger partial charge >= 0.3 is 5.69 Å². The maximum Gasteiger partial charge on any atom is 0.332 e. The molecule has 7 heteroatoms. The van der Waals surface area contributed by atoms with E-state index in [1.165, 1.54) is 11.6 Å². The molecule has 0 fully saturated rings. The summed E-state index contributed by atoms with van der Waals surface area (Å²) in [5.74, 6) is 1.25. The van der Waals surface area contributed by atoms with E-state index in [1.807, 2.05) is 13.2 Å². The number of aromatic nitrogens is 2. The highest BCUT2D eigenvalue weighted by molar-refractivity contribution is 7.98. The average molecular weight is 286 g/mol. The van der Waals surface area contributed by atoms with Gasteiger partial charge in [-0.3, -0.25) is 13.9 Å². The third-order valence-corrected chi connectivity index (χ3v) is 3.55. The van der Waals surface area contributed by atoms with Crippen molar-refractivity contribution in [1.82, 2.24) is 9.13 Å². The van der Waals surface area contributed by atoms with Crippen molar-refractivity contribution in [3.05, 3.63) is 20.8 Å². The van der Waals surface area contributed by atoms with E-state index in [0.29, 0.717) is 18.8 Å². The predicted octanol–water partition coefficient (Wildman–Crippen LogP) is 0.704. The number of hydrogen-bond donors (Lipinski definition) is 2. The van der Waals surface area contributed by atoms with Crippen molar-refractivity contribution in [3.63, 3.8) is 0 Å². The summed E-state index contributed by atoms with van der Waals surface area (Å²) in [4.78, 5) is 24.0. The molecule has 1 heterocycles. The number of nitrogen functional groups attached to an aromatic ring is 1. The van der Waals surface area contributed by atoms with Crippen LogP contribution < -0.4 is 22.3 Å². The van der Waals surface area contributed by atoms with Crippen molar-refractivity contribution in [3.8, 4) is 0 Å². The minimum Gasteiger partial charge on any atom is -0.383 e. The van der Waals surface area contributed by atoms with Crippen molar-refractivity contribution < 1.29 is 0 Å². The van der Waals surface area contributed by atoms with Crippen molar-refractivity contribution in [2.45, 2.75) is 26.3 Å². The molecule has 0 aliphatic heterocycles. The van der Waals surface area contributed by atoms with E-state index in [4.69, 9.17) is 5.73 Å². The summed E-state index contributed by atoms with van der Waals surface area (Å²) in [6.45, 7) is 3.14. The summed E-state index contributed by atoms with van der Waals surface area (Å²) >= 11 is 1.75. The number of nitrogens with one attached hydrogen (secondary N) is 1. The largest absolute Gasteiger partial charge is 0.383 e. The molecule has 19 heavy (non-hydrogen) atoms. The molecular formula is C12H22N4O2S. The lowest BCUT2D eigenvalue weighted by Crippen LogP contribution is -2.40. The maximum atomic E-state index is 12.0. The van der Waals surface area contributed by atoms with Gasteiger partial charge < -0.3 is 11.1 Å². The summed E-state index contributed by atoms with van der Waals surface area (Å²) in [5, 5.41) is 3.05. The van der Waals surface area contributed by atoms with E-state index in [1.54, 1.807) is 11.8 Å². The molecule has 1 aromatic rings. The van der Waals surface area contributed by atoms with Crippen LogP contribution in [0.4, 0.5) is 11.5 Å². The second kappa shape index (κ2) is 7.28. The van der Waals surface area contributed by atoms with Crippen molar-refractivity contribution in [1.29, 1.82) is 0 Å². The van der Waals surface area contributed by atoms with Gasteiger partial charge in [-0.15, -0.1) is 0 Å². The van der Waals surface area contributed by atoms with E-state index >= 15 is 0 Å². The summed E-state index contributed by atoms with van der Waals surface area (Å²) in [7, 11) is 1.48. The van der Waals surface area contributed by atoms with Crippen LogP contribution in [0.5, 0.6) is 0 Å². The summed E-state index contributed by atoms with van der Waals surface area (Å²) in [6.07, 6.45) is 3.76. The van der Waals surface area contributed by atoms with Gasteiger partial charge in [-0.05, 0) is 24.9 Å². The fourth-order valence-corrected chi connectivity index (χ4v) is 2.25. The van der Waals surface area contributed by atoms with Gasteiger partial charge in [0.15, 0.2) is 0 Å². The third kappa shape index (κ3) is 3.56. The van der Waals surface area contributed by atoms with E-state index < -0.39 is 0 Å². The van der Waals surface area contributed by atoms with E-state index in [9.17, 15) is 9.59 Å². The van der Waals surface area contributed by atoms with Gasteiger partial charge in [0.05, 0.1) is 0 Å². The standard InChI is InChI=1S/C12H22N4O2S/c1-4-7-16-10(13)9(14-6-5-8-19-3)11(17)15(2)12(16)18/h14H,4-8,13H2,1-3H3. The normalized spacial score (nSPS) is 10.7. The van der Waals surface area contributed by atoms with E-state index in [-0.39, 0.29) is 17.1 Å². The molecule has 0 unspecified atom stereocenters. The molecule has 0 aromatic carbocycles. The van der Waals surface area contributed by atoms with Crippen LogP contribution in [0.15, 0.2) is 9.59 Å². The Kier molecular flexibility index (Phi) is 6.01. The average Bonchev–Trinajstić information content (AvgIpc) is 2.40. The molecule has 0 aliphatic rings. The van der Waals surface area contributed by atoms with Crippen LogP contribution >= 0.6 is 11.8 Å². The number of nitrogens with zero attached hydrogens (tertiary/aromatic N) is 2. The van der Waals surface area contributed by atoms with Crippen LogP contribution in [0.2, 0.25) is 0 Å². The zero-order valence-electron chi connectivity index (χ0n) is 11.7.